The molecule has 0 bridgehead atoms. The lowest BCUT2D eigenvalue weighted by atomic mass is 10.0. The van der Waals surface area contributed by atoms with Crippen LogP contribution in [0, 0.1) is 0 Å². The fourth-order valence-corrected chi connectivity index (χ4v) is 2.46. The summed E-state index contributed by atoms with van der Waals surface area (Å²) in [5, 5.41) is 11.0. The first-order chi connectivity index (χ1) is 8.08. The van der Waals surface area contributed by atoms with Gasteiger partial charge in [-0.15, -0.1) is 0 Å². The van der Waals surface area contributed by atoms with Crippen LogP contribution in [0.4, 0.5) is 0 Å². The van der Waals surface area contributed by atoms with Gasteiger partial charge in [-0.05, 0) is 39.2 Å². The second-order valence-electron chi connectivity index (χ2n) is 3.93. The summed E-state index contributed by atoms with van der Waals surface area (Å²) in [5.41, 5.74) is 1.82. The van der Waals surface area contributed by atoms with Crippen molar-refractivity contribution in [1.29, 1.82) is 0 Å². The van der Waals surface area contributed by atoms with Gasteiger partial charge in [-0.1, -0.05) is 54.1 Å². The van der Waals surface area contributed by atoms with Gasteiger partial charge in [0.2, 0.25) is 0 Å². The molecule has 0 aliphatic rings. The Morgan fingerprint density at radius 1 is 1.06 bits per heavy atom. The molecule has 17 heavy (non-hydrogen) atoms. The van der Waals surface area contributed by atoms with Crippen molar-refractivity contribution in [3.63, 3.8) is 0 Å². The van der Waals surface area contributed by atoms with Gasteiger partial charge in [-0.25, -0.2) is 0 Å². The highest BCUT2D eigenvalue weighted by Crippen LogP contribution is 2.33. The Kier molecular flexibility index (Phi) is 3.87. The van der Waals surface area contributed by atoms with Crippen molar-refractivity contribution in [2.75, 3.05) is 0 Å². The molecule has 88 valence electrons. The van der Waals surface area contributed by atoms with E-state index in [-0.39, 0.29) is 0 Å². The largest absolute Gasteiger partial charge is 0.374 e. The van der Waals surface area contributed by atoms with Crippen molar-refractivity contribution in [2.45, 2.75) is 10.9 Å². The van der Waals surface area contributed by atoms with Crippen molar-refractivity contribution < 1.29 is 5.11 Å². The average Bonchev–Trinajstić information content (AvgIpc) is 2.30. The van der Waals surface area contributed by atoms with Gasteiger partial charge in [0.25, 0.3) is 0 Å². The van der Waals surface area contributed by atoms with E-state index in [0.717, 1.165) is 11.1 Å². The Morgan fingerprint density at radius 3 is 2.41 bits per heavy atom. The fourth-order valence-electron chi connectivity index (χ4n) is 1.70. The highest BCUT2D eigenvalue weighted by atomic mass is 79.9. The molecule has 0 amide bonds. The van der Waals surface area contributed by atoms with Crippen LogP contribution in [0.5, 0.6) is 0 Å². The first-order valence-electron chi connectivity index (χ1n) is 5.29. The van der Waals surface area contributed by atoms with Gasteiger partial charge in [0, 0.05) is 11.4 Å². The predicted octanol–water partition coefficient (Wildman–Crippen LogP) is 4.12. The molecule has 1 nitrogen and oxygen atoms in total. The lowest BCUT2D eigenvalue weighted by Gasteiger charge is -2.22. The van der Waals surface area contributed by atoms with Gasteiger partial charge < -0.3 is 5.11 Å². The molecule has 0 radical (unpaired) electrons. The first kappa shape index (κ1) is 12.6. The minimum Gasteiger partial charge on any atom is -0.374 e. The molecule has 0 aromatic heterocycles. The van der Waals surface area contributed by atoms with Crippen LogP contribution in [-0.2, 0) is 10.9 Å². The Morgan fingerprint density at radius 2 is 1.76 bits per heavy atom. The van der Waals surface area contributed by atoms with E-state index in [1.165, 1.54) is 0 Å². The summed E-state index contributed by atoms with van der Waals surface area (Å²) in [6, 6.07) is 17.1. The number of benzene rings is 2. The van der Waals surface area contributed by atoms with Gasteiger partial charge in [0.05, 0.1) is 0 Å². The summed E-state index contributed by atoms with van der Waals surface area (Å²) in [6.45, 7) is 0. The molecule has 3 heteroatoms. The van der Waals surface area contributed by atoms with Gasteiger partial charge in [0.1, 0.15) is 4.51 Å². The molecule has 0 spiro atoms. The third-order valence-corrected chi connectivity index (χ3v) is 3.52. The predicted molar refractivity (Wildman–Crippen MR) is 74.4 cm³/mol. The topological polar surface area (TPSA) is 20.2 Å². The Hall–Kier alpha value is -0.830. The average molecular weight is 312 g/mol. The highest BCUT2D eigenvalue weighted by Gasteiger charge is 2.25. The van der Waals surface area contributed by atoms with E-state index in [1.807, 2.05) is 42.5 Å². The minimum absolute atomic E-state index is 0.494. The SMILES string of the molecule is OC(Br)(Cc1ccccc1)c1cccc(Cl)c1. The molecule has 2 aromatic rings. The third-order valence-electron chi connectivity index (χ3n) is 2.55. The van der Waals surface area contributed by atoms with Crippen molar-refractivity contribution in [3.8, 4) is 0 Å². The minimum atomic E-state index is -1.08. The van der Waals surface area contributed by atoms with Crippen LogP contribution in [0.2, 0.25) is 5.02 Å². The molecule has 0 heterocycles. The van der Waals surface area contributed by atoms with E-state index in [4.69, 9.17) is 11.6 Å². The molecule has 0 fully saturated rings. The zero-order valence-electron chi connectivity index (χ0n) is 9.11. The molecular weight excluding hydrogens is 300 g/mol. The summed E-state index contributed by atoms with van der Waals surface area (Å²) in [5.74, 6) is 0. The molecule has 1 N–H and O–H groups in total. The fraction of sp³-hybridized carbons (Fsp3) is 0.143. The quantitative estimate of drug-likeness (QED) is 0.845. The molecule has 0 saturated heterocycles. The maximum Gasteiger partial charge on any atom is 0.149 e. The smallest absolute Gasteiger partial charge is 0.149 e. The van der Waals surface area contributed by atoms with E-state index in [9.17, 15) is 5.11 Å². The molecule has 2 aromatic carbocycles. The third kappa shape index (κ3) is 3.32. The molecule has 2 rings (SSSR count). The van der Waals surface area contributed by atoms with Crippen LogP contribution in [0.1, 0.15) is 11.1 Å². The Labute approximate surface area is 114 Å². The maximum absolute atomic E-state index is 10.4. The maximum atomic E-state index is 10.4. The number of alkyl halides is 1. The van der Waals surface area contributed by atoms with Crippen LogP contribution in [0.3, 0.4) is 0 Å². The van der Waals surface area contributed by atoms with Gasteiger partial charge in [-0.3, -0.25) is 0 Å². The van der Waals surface area contributed by atoms with Gasteiger partial charge in [0.15, 0.2) is 0 Å². The van der Waals surface area contributed by atoms with Crippen molar-refractivity contribution in [1.82, 2.24) is 0 Å². The van der Waals surface area contributed by atoms with E-state index in [0.29, 0.717) is 11.4 Å². The molecule has 0 aliphatic heterocycles. The van der Waals surface area contributed by atoms with Gasteiger partial charge in [-0.2, -0.15) is 0 Å². The molecule has 1 unspecified atom stereocenters. The number of halogens is 2. The normalized spacial score (nSPS) is 14.3. The Bertz CT molecular complexity index is 497. The second kappa shape index (κ2) is 5.21. The van der Waals surface area contributed by atoms with Crippen LogP contribution in [-0.4, -0.2) is 5.11 Å². The molecule has 0 saturated carbocycles. The van der Waals surface area contributed by atoms with Crippen molar-refractivity contribution >= 4 is 27.5 Å². The zero-order valence-corrected chi connectivity index (χ0v) is 11.4. The zero-order chi connectivity index (χ0) is 12.3. The summed E-state index contributed by atoms with van der Waals surface area (Å²) in [4.78, 5) is 0. The van der Waals surface area contributed by atoms with Gasteiger partial charge >= 0.3 is 0 Å². The van der Waals surface area contributed by atoms with E-state index in [1.54, 1.807) is 12.1 Å². The van der Waals surface area contributed by atoms with E-state index in [2.05, 4.69) is 15.9 Å². The van der Waals surface area contributed by atoms with Crippen LogP contribution >= 0.6 is 27.5 Å². The number of aliphatic hydroxyl groups is 1. The summed E-state index contributed by atoms with van der Waals surface area (Å²) >= 11 is 9.28. The number of rotatable bonds is 3. The lowest BCUT2D eigenvalue weighted by Crippen LogP contribution is -2.20. The molecule has 0 aliphatic carbocycles. The number of hydrogen-bond donors (Lipinski definition) is 1. The van der Waals surface area contributed by atoms with Crippen LogP contribution < -0.4 is 0 Å². The van der Waals surface area contributed by atoms with E-state index < -0.39 is 4.51 Å². The summed E-state index contributed by atoms with van der Waals surface area (Å²) in [6.07, 6.45) is 0.494. The van der Waals surface area contributed by atoms with E-state index >= 15 is 0 Å². The first-order valence-corrected chi connectivity index (χ1v) is 6.46. The lowest BCUT2D eigenvalue weighted by molar-refractivity contribution is 0.146. The van der Waals surface area contributed by atoms with Crippen LogP contribution in [0.15, 0.2) is 54.6 Å². The molecular formula is C14H12BrClO. The number of hydrogen-bond acceptors (Lipinski definition) is 1. The van der Waals surface area contributed by atoms with Crippen LogP contribution in [0.25, 0.3) is 0 Å². The van der Waals surface area contributed by atoms with Crippen molar-refractivity contribution in [3.05, 3.63) is 70.7 Å². The second-order valence-corrected chi connectivity index (χ2v) is 5.68. The standard InChI is InChI=1S/C14H12BrClO/c15-14(17,10-11-5-2-1-3-6-11)12-7-4-8-13(16)9-12/h1-9,17H,10H2. The summed E-state index contributed by atoms with van der Waals surface area (Å²) < 4.78 is -1.08. The summed E-state index contributed by atoms with van der Waals surface area (Å²) in [7, 11) is 0. The molecule has 1 atom stereocenters. The highest BCUT2D eigenvalue weighted by molar-refractivity contribution is 9.09. The Balaban J connectivity index is 2.25. The van der Waals surface area contributed by atoms with Crippen molar-refractivity contribution in [2.24, 2.45) is 0 Å². The monoisotopic (exact) mass is 310 g/mol.